The molecule has 0 saturated carbocycles. The van der Waals surface area contributed by atoms with E-state index in [4.69, 9.17) is 27.9 Å². The molecule has 5 nitrogen and oxygen atoms in total. The SMILES string of the molecule is CNCc1cc(Cl)cc(Cl)c1OCCN1CCNC1=O. The average molecular weight is 318 g/mol. The van der Waals surface area contributed by atoms with Gasteiger partial charge in [0.05, 0.1) is 11.6 Å². The van der Waals surface area contributed by atoms with Crippen molar-refractivity contribution in [1.82, 2.24) is 15.5 Å². The molecule has 1 saturated heterocycles. The van der Waals surface area contributed by atoms with E-state index < -0.39 is 0 Å². The Morgan fingerprint density at radius 3 is 2.90 bits per heavy atom. The van der Waals surface area contributed by atoms with Gasteiger partial charge in [-0.25, -0.2) is 4.79 Å². The van der Waals surface area contributed by atoms with Crippen LogP contribution >= 0.6 is 23.2 Å². The molecule has 0 spiro atoms. The maximum atomic E-state index is 11.4. The summed E-state index contributed by atoms with van der Waals surface area (Å²) in [5.41, 5.74) is 0.899. The Bertz CT molecular complexity index is 497. The Balaban J connectivity index is 1.99. The number of carbonyl (C=O) groups excluding carboxylic acids is 1. The second-order valence-electron chi connectivity index (χ2n) is 4.47. The fourth-order valence-corrected chi connectivity index (χ4v) is 2.67. The number of carbonyl (C=O) groups is 1. The molecule has 7 heteroatoms. The molecule has 0 aliphatic carbocycles. The van der Waals surface area contributed by atoms with Crippen LogP contribution in [0.2, 0.25) is 10.0 Å². The molecule has 1 aromatic carbocycles. The van der Waals surface area contributed by atoms with Gasteiger partial charge in [-0.05, 0) is 19.2 Å². The van der Waals surface area contributed by atoms with Crippen LogP contribution in [0.3, 0.4) is 0 Å². The van der Waals surface area contributed by atoms with Crippen LogP contribution in [0.4, 0.5) is 4.79 Å². The minimum Gasteiger partial charge on any atom is -0.490 e. The van der Waals surface area contributed by atoms with Crippen molar-refractivity contribution in [3.63, 3.8) is 0 Å². The minimum atomic E-state index is -0.0498. The van der Waals surface area contributed by atoms with Crippen LogP contribution in [0.5, 0.6) is 5.75 Å². The largest absolute Gasteiger partial charge is 0.490 e. The van der Waals surface area contributed by atoms with Gasteiger partial charge < -0.3 is 20.3 Å². The Morgan fingerprint density at radius 2 is 2.25 bits per heavy atom. The van der Waals surface area contributed by atoms with E-state index in [-0.39, 0.29) is 6.03 Å². The van der Waals surface area contributed by atoms with Gasteiger partial charge in [-0.2, -0.15) is 0 Å². The molecule has 1 fully saturated rings. The zero-order chi connectivity index (χ0) is 14.5. The van der Waals surface area contributed by atoms with Crippen molar-refractivity contribution in [2.75, 3.05) is 33.3 Å². The first-order valence-corrected chi connectivity index (χ1v) is 7.15. The van der Waals surface area contributed by atoms with E-state index in [2.05, 4.69) is 10.6 Å². The zero-order valence-electron chi connectivity index (χ0n) is 11.2. The summed E-state index contributed by atoms with van der Waals surface area (Å²) < 4.78 is 5.73. The average Bonchev–Trinajstić information content (AvgIpc) is 2.78. The zero-order valence-corrected chi connectivity index (χ0v) is 12.7. The number of amides is 2. The van der Waals surface area contributed by atoms with Crippen LogP contribution in [-0.4, -0.2) is 44.2 Å². The van der Waals surface area contributed by atoms with E-state index in [1.54, 1.807) is 11.0 Å². The first-order chi connectivity index (χ1) is 9.61. The Hall–Kier alpha value is -1.17. The standard InChI is InChI=1S/C13H17Cl2N3O2/c1-16-8-9-6-10(14)7-11(15)12(9)20-5-4-18-3-2-17-13(18)19/h6-7,16H,2-5,8H2,1H3,(H,17,19). The van der Waals surface area contributed by atoms with Crippen LogP contribution in [-0.2, 0) is 6.54 Å². The van der Waals surface area contributed by atoms with E-state index in [1.807, 2.05) is 13.1 Å². The number of hydrogen-bond donors (Lipinski definition) is 2. The van der Waals surface area contributed by atoms with Gasteiger partial charge in [-0.15, -0.1) is 0 Å². The molecule has 20 heavy (non-hydrogen) atoms. The number of rotatable bonds is 6. The monoisotopic (exact) mass is 317 g/mol. The Morgan fingerprint density at radius 1 is 1.45 bits per heavy atom. The lowest BCUT2D eigenvalue weighted by Crippen LogP contribution is -2.32. The van der Waals surface area contributed by atoms with Gasteiger partial charge in [0, 0.05) is 30.2 Å². The fraction of sp³-hybridized carbons (Fsp3) is 0.462. The van der Waals surface area contributed by atoms with Crippen LogP contribution in [0.1, 0.15) is 5.56 Å². The third kappa shape index (κ3) is 3.69. The van der Waals surface area contributed by atoms with Gasteiger partial charge in [0.1, 0.15) is 12.4 Å². The third-order valence-corrected chi connectivity index (χ3v) is 3.50. The molecule has 0 bridgehead atoms. The lowest BCUT2D eigenvalue weighted by molar-refractivity contribution is 0.202. The normalized spacial score (nSPS) is 14.6. The topological polar surface area (TPSA) is 53.6 Å². The Labute approximate surface area is 128 Å². The predicted molar refractivity (Wildman–Crippen MR) is 79.7 cm³/mol. The second-order valence-corrected chi connectivity index (χ2v) is 5.32. The van der Waals surface area contributed by atoms with Crippen molar-refractivity contribution >= 4 is 29.2 Å². The predicted octanol–water partition coefficient (Wildman–Crippen LogP) is 2.12. The molecule has 110 valence electrons. The molecule has 0 radical (unpaired) electrons. The minimum absolute atomic E-state index is 0.0498. The molecule has 2 amide bonds. The molecule has 1 aromatic rings. The van der Waals surface area contributed by atoms with Crippen molar-refractivity contribution in [1.29, 1.82) is 0 Å². The number of ether oxygens (including phenoxy) is 1. The molecular formula is C13H17Cl2N3O2. The van der Waals surface area contributed by atoms with E-state index in [9.17, 15) is 4.79 Å². The van der Waals surface area contributed by atoms with E-state index in [0.29, 0.717) is 48.6 Å². The summed E-state index contributed by atoms with van der Waals surface area (Å²) in [6.07, 6.45) is 0. The molecule has 1 aliphatic heterocycles. The summed E-state index contributed by atoms with van der Waals surface area (Å²) in [5.74, 6) is 0.616. The lowest BCUT2D eigenvalue weighted by atomic mass is 10.2. The van der Waals surface area contributed by atoms with Crippen LogP contribution in [0.15, 0.2) is 12.1 Å². The number of urea groups is 1. The van der Waals surface area contributed by atoms with Crippen molar-refractivity contribution in [3.8, 4) is 5.75 Å². The van der Waals surface area contributed by atoms with Gasteiger partial charge in [0.25, 0.3) is 0 Å². The quantitative estimate of drug-likeness (QED) is 0.845. The first-order valence-electron chi connectivity index (χ1n) is 6.40. The molecule has 0 atom stereocenters. The summed E-state index contributed by atoms with van der Waals surface area (Å²) >= 11 is 12.2. The van der Waals surface area contributed by atoms with Crippen LogP contribution in [0.25, 0.3) is 0 Å². The lowest BCUT2D eigenvalue weighted by Gasteiger charge is -2.17. The summed E-state index contributed by atoms with van der Waals surface area (Å²) in [6.45, 7) is 2.93. The highest BCUT2D eigenvalue weighted by Crippen LogP contribution is 2.32. The van der Waals surface area contributed by atoms with E-state index in [0.717, 1.165) is 5.56 Å². The number of benzene rings is 1. The molecule has 2 rings (SSSR count). The van der Waals surface area contributed by atoms with Gasteiger partial charge in [-0.1, -0.05) is 23.2 Å². The smallest absolute Gasteiger partial charge is 0.317 e. The molecular weight excluding hydrogens is 301 g/mol. The number of halogens is 2. The summed E-state index contributed by atoms with van der Waals surface area (Å²) in [5, 5.41) is 6.85. The van der Waals surface area contributed by atoms with Gasteiger partial charge in [0.2, 0.25) is 0 Å². The highest BCUT2D eigenvalue weighted by Gasteiger charge is 2.19. The number of nitrogens with one attached hydrogen (secondary N) is 2. The van der Waals surface area contributed by atoms with Crippen molar-refractivity contribution < 1.29 is 9.53 Å². The maximum absolute atomic E-state index is 11.4. The molecule has 1 heterocycles. The van der Waals surface area contributed by atoms with Gasteiger partial charge in [0.15, 0.2) is 0 Å². The number of hydrogen-bond acceptors (Lipinski definition) is 3. The molecule has 1 aliphatic rings. The van der Waals surface area contributed by atoms with Crippen molar-refractivity contribution in [2.45, 2.75) is 6.54 Å². The second kappa shape index (κ2) is 7.02. The summed E-state index contributed by atoms with van der Waals surface area (Å²) in [7, 11) is 1.84. The van der Waals surface area contributed by atoms with Gasteiger partial charge in [-0.3, -0.25) is 0 Å². The third-order valence-electron chi connectivity index (χ3n) is 3.01. The highest BCUT2D eigenvalue weighted by molar-refractivity contribution is 6.35. The van der Waals surface area contributed by atoms with Crippen molar-refractivity contribution in [2.24, 2.45) is 0 Å². The first kappa shape index (κ1) is 15.2. The summed E-state index contributed by atoms with van der Waals surface area (Å²) in [4.78, 5) is 13.1. The molecule has 0 unspecified atom stereocenters. The fourth-order valence-electron chi connectivity index (χ4n) is 2.08. The van der Waals surface area contributed by atoms with E-state index in [1.165, 1.54) is 0 Å². The number of nitrogens with zero attached hydrogens (tertiary/aromatic N) is 1. The van der Waals surface area contributed by atoms with E-state index >= 15 is 0 Å². The molecule has 2 N–H and O–H groups in total. The van der Waals surface area contributed by atoms with Crippen LogP contribution < -0.4 is 15.4 Å². The van der Waals surface area contributed by atoms with Crippen molar-refractivity contribution in [3.05, 3.63) is 27.7 Å². The highest BCUT2D eigenvalue weighted by atomic mass is 35.5. The van der Waals surface area contributed by atoms with Gasteiger partial charge >= 0.3 is 6.03 Å². The van der Waals surface area contributed by atoms with Crippen LogP contribution in [0, 0.1) is 0 Å². The Kier molecular flexibility index (Phi) is 5.34. The molecule has 0 aromatic heterocycles. The summed E-state index contributed by atoms with van der Waals surface area (Å²) in [6, 6.07) is 3.42. The maximum Gasteiger partial charge on any atom is 0.317 e.